The van der Waals surface area contributed by atoms with Crippen LogP contribution >= 0.6 is 0 Å². The third kappa shape index (κ3) is 3.36. The van der Waals surface area contributed by atoms with Crippen LogP contribution in [0.4, 0.5) is 11.4 Å². The van der Waals surface area contributed by atoms with Crippen LogP contribution in [0.3, 0.4) is 0 Å². The lowest BCUT2D eigenvalue weighted by Gasteiger charge is -2.09. The van der Waals surface area contributed by atoms with Crippen molar-refractivity contribution in [2.24, 2.45) is 0 Å². The zero-order valence-corrected chi connectivity index (χ0v) is 11.6. The van der Waals surface area contributed by atoms with Crippen molar-refractivity contribution < 1.29 is 13.2 Å². The number of carbonyl (C=O) groups excluding carboxylic acids is 1. The Morgan fingerprint density at radius 2 is 1.70 bits per heavy atom. The number of hydrogen-bond acceptors (Lipinski definition) is 3. The van der Waals surface area contributed by atoms with Gasteiger partial charge in [-0.3, -0.25) is 9.52 Å². The van der Waals surface area contributed by atoms with E-state index in [0.717, 1.165) is 5.56 Å². The van der Waals surface area contributed by atoms with Crippen molar-refractivity contribution in [2.45, 2.75) is 11.8 Å². The quantitative estimate of drug-likeness (QED) is 0.830. The second kappa shape index (κ2) is 5.75. The summed E-state index contributed by atoms with van der Waals surface area (Å²) in [5.74, 6) is 0. The molecule has 0 aliphatic rings. The van der Waals surface area contributed by atoms with Crippen molar-refractivity contribution in [1.29, 1.82) is 0 Å². The van der Waals surface area contributed by atoms with Crippen LogP contribution in [-0.4, -0.2) is 14.8 Å². The first kappa shape index (κ1) is 14.1. The molecular formula is C14H14N2O3S. The summed E-state index contributed by atoms with van der Waals surface area (Å²) in [5, 5.41) is 2.45. The minimum Gasteiger partial charge on any atom is -0.329 e. The summed E-state index contributed by atoms with van der Waals surface area (Å²) in [6.07, 6.45) is 0.536. The first-order valence-corrected chi connectivity index (χ1v) is 7.39. The smallest absolute Gasteiger partial charge is 0.261 e. The minimum atomic E-state index is -3.63. The van der Waals surface area contributed by atoms with Crippen molar-refractivity contribution in [3.8, 4) is 0 Å². The van der Waals surface area contributed by atoms with E-state index in [4.69, 9.17) is 0 Å². The van der Waals surface area contributed by atoms with Crippen LogP contribution < -0.4 is 10.0 Å². The van der Waals surface area contributed by atoms with Crippen molar-refractivity contribution in [3.05, 3.63) is 54.1 Å². The van der Waals surface area contributed by atoms with Gasteiger partial charge in [-0.05, 0) is 48.9 Å². The van der Waals surface area contributed by atoms with E-state index in [2.05, 4.69) is 10.0 Å². The van der Waals surface area contributed by atoms with E-state index in [9.17, 15) is 13.2 Å². The highest BCUT2D eigenvalue weighted by Gasteiger charge is 2.13. The molecule has 2 rings (SSSR count). The average Bonchev–Trinajstić information content (AvgIpc) is 2.39. The molecule has 20 heavy (non-hydrogen) atoms. The molecule has 2 aromatic rings. The Hall–Kier alpha value is -2.34. The number of benzene rings is 2. The number of amides is 1. The fraction of sp³-hybridized carbons (Fsp3) is 0.0714. The summed E-state index contributed by atoms with van der Waals surface area (Å²) >= 11 is 0. The maximum Gasteiger partial charge on any atom is 0.261 e. The Balaban J connectivity index is 2.23. The minimum absolute atomic E-state index is 0.135. The van der Waals surface area contributed by atoms with Crippen LogP contribution in [0, 0.1) is 6.92 Å². The molecule has 0 spiro atoms. The highest BCUT2D eigenvalue weighted by molar-refractivity contribution is 7.92. The molecule has 0 bridgehead atoms. The second-order valence-corrected chi connectivity index (χ2v) is 5.94. The van der Waals surface area contributed by atoms with Gasteiger partial charge in [0.15, 0.2) is 0 Å². The van der Waals surface area contributed by atoms with E-state index < -0.39 is 10.0 Å². The topological polar surface area (TPSA) is 75.3 Å². The molecule has 0 heterocycles. The molecule has 0 radical (unpaired) electrons. The van der Waals surface area contributed by atoms with Gasteiger partial charge in [0, 0.05) is 11.4 Å². The lowest BCUT2D eigenvalue weighted by atomic mass is 10.2. The van der Waals surface area contributed by atoms with Crippen LogP contribution in [0.2, 0.25) is 0 Å². The molecule has 0 fully saturated rings. The van der Waals surface area contributed by atoms with Gasteiger partial charge in [-0.25, -0.2) is 8.42 Å². The third-order valence-electron chi connectivity index (χ3n) is 2.66. The highest BCUT2D eigenvalue weighted by atomic mass is 32.2. The Morgan fingerprint density at radius 1 is 1.00 bits per heavy atom. The molecule has 2 N–H and O–H groups in total. The molecule has 0 saturated heterocycles. The highest BCUT2D eigenvalue weighted by Crippen LogP contribution is 2.18. The van der Waals surface area contributed by atoms with Crippen LogP contribution in [0.15, 0.2) is 53.4 Å². The third-order valence-corrected chi connectivity index (χ3v) is 4.06. The Bertz CT molecular complexity index is 709. The van der Waals surface area contributed by atoms with E-state index >= 15 is 0 Å². The lowest BCUT2D eigenvalue weighted by Crippen LogP contribution is -2.13. The normalized spacial score (nSPS) is 10.8. The van der Waals surface area contributed by atoms with E-state index in [-0.39, 0.29) is 4.90 Å². The van der Waals surface area contributed by atoms with Gasteiger partial charge >= 0.3 is 0 Å². The molecule has 104 valence electrons. The second-order valence-electron chi connectivity index (χ2n) is 4.26. The molecule has 5 nitrogen and oxygen atoms in total. The van der Waals surface area contributed by atoms with Crippen molar-refractivity contribution >= 4 is 27.8 Å². The Morgan fingerprint density at radius 3 is 2.30 bits per heavy atom. The number of sulfonamides is 1. The maximum absolute atomic E-state index is 12.2. The molecule has 0 aliphatic heterocycles. The summed E-state index contributed by atoms with van der Waals surface area (Å²) in [4.78, 5) is 10.4. The summed E-state index contributed by atoms with van der Waals surface area (Å²) in [6, 6.07) is 13.0. The van der Waals surface area contributed by atoms with E-state index in [1.807, 2.05) is 13.0 Å². The van der Waals surface area contributed by atoms with Gasteiger partial charge in [-0.15, -0.1) is 0 Å². The first-order valence-electron chi connectivity index (χ1n) is 5.91. The molecule has 1 amide bonds. The molecule has 6 heteroatoms. The molecule has 2 aromatic carbocycles. The summed E-state index contributed by atoms with van der Waals surface area (Å²) in [6.45, 7) is 1.89. The van der Waals surface area contributed by atoms with Gasteiger partial charge in [0.25, 0.3) is 10.0 Å². The fourth-order valence-corrected chi connectivity index (χ4v) is 2.77. The molecule has 0 aromatic heterocycles. The molecule has 0 aliphatic carbocycles. The maximum atomic E-state index is 12.2. The number of rotatable bonds is 5. The number of hydrogen-bond donors (Lipinski definition) is 2. The zero-order chi connectivity index (χ0) is 14.6. The number of aryl methyl sites for hydroxylation is 1. The van der Waals surface area contributed by atoms with Gasteiger partial charge in [-0.2, -0.15) is 0 Å². The number of anilines is 2. The van der Waals surface area contributed by atoms with Gasteiger partial charge in [0.2, 0.25) is 6.41 Å². The summed E-state index contributed by atoms with van der Waals surface area (Å²) < 4.78 is 26.9. The van der Waals surface area contributed by atoms with Crippen molar-refractivity contribution in [1.82, 2.24) is 0 Å². The van der Waals surface area contributed by atoms with Crippen LogP contribution in [-0.2, 0) is 14.8 Å². The largest absolute Gasteiger partial charge is 0.329 e. The van der Waals surface area contributed by atoms with E-state index in [1.54, 1.807) is 18.2 Å². The van der Waals surface area contributed by atoms with E-state index in [1.165, 1.54) is 24.3 Å². The summed E-state index contributed by atoms with van der Waals surface area (Å²) in [5.41, 5.74) is 2.02. The Kier molecular flexibility index (Phi) is 4.05. The number of nitrogens with one attached hydrogen (secondary N) is 2. The molecule has 0 unspecified atom stereocenters. The molecule has 0 saturated carbocycles. The van der Waals surface area contributed by atoms with Crippen molar-refractivity contribution in [3.63, 3.8) is 0 Å². The number of carbonyl (C=O) groups is 1. The Labute approximate surface area is 117 Å². The molecule has 0 atom stereocenters. The standard InChI is InChI=1S/C14H14N2O3S/c1-11-3-2-4-13(9-11)16-20(18,19)14-7-5-12(6-8-14)15-10-17/h2-10,16H,1H3,(H,15,17). The van der Waals surface area contributed by atoms with Crippen molar-refractivity contribution in [2.75, 3.05) is 10.0 Å². The average molecular weight is 290 g/mol. The van der Waals surface area contributed by atoms with Gasteiger partial charge in [0.05, 0.1) is 4.90 Å². The van der Waals surface area contributed by atoms with E-state index in [0.29, 0.717) is 17.8 Å². The molecular weight excluding hydrogens is 276 g/mol. The first-order chi connectivity index (χ1) is 9.51. The lowest BCUT2D eigenvalue weighted by molar-refractivity contribution is -0.105. The van der Waals surface area contributed by atoms with Crippen LogP contribution in [0.25, 0.3) is 0 Å². The predicted octanol–water partition coefficient (Wildman–Crippen LogP) is 2.36. The zero-order valence-electron chi connectivity index (χ0n) is 10.8. The van der Waals surface area contributed by atoms with Gasteiger partial charge in [0.1, 0.15) is 0 Å². The van der Waals surface area contributed by atoms with Crippen LogP contribution in [0.1, 0.15) is 5.56 Å². The fourth-order valence-electron chi connectivity index (χ4n) is 1.72. The van der Waals surface area contributed by atoms with Crippen LogP contribution in [0.5, 0.6) is 0 Å². The monoisotopic (exact) mass is 290 g/mol. The SMILES string of the molecule is Cc1cccc(NS(=O)(=O)c2ccc(NC=O)cc2)c1. The van der Waals surface area contributed by atoms with Gasteiger partial charge < -0.3 is 5.32 Å². The van der Waals surface area contributed by atoms with Gasteiger partial charge in [-0.1, -0.05) is 12.1 Å². The predicted molar refractivity (Wildman–Crippen MR) is 78.1 cm³/mol. The summed E-state index contributed by atoms with van der Waals surface area (Å²) in [7, 11) is -3.63.